The van der Waals surface area contributed by atoms with Crippen molar-refractivity contribution in [2.24, 2.45) is 0 Å². The van der Waals surface area contributed by atoms with Crippen LogP contribution < -0.4 is 5.32 Å². The summed E-state index contributed by atoms with van der Waals surface area (Å²) < 4.78 is 0. The van der Waals surface area contributed by atoms with Crippen LogP contribution in [0, 0.1) is 0 Å². The number of nitrogens with one attached hydrogen (secondary N) is 1. The average Bonchev–Trinajstić information content (AvgIpc) is 2.79. The van der Waals surface area contributed by atoms with Crippen LogP contribution in [0.15, 0.2) is 0 Å². The molecule has 0 heterocycles. The van der Waals surface area contributed by atoms with E-state index in [1.165, 1.54) is 51.4 Å². The van der Waals surface area contributed by atoms with Gasteiger partial charge in [-0.3, -0.25) is 14.4 Å². The lowest BCUT2D eigenvalue weighted by atomic mass is 10.0. The minimum atomic E-state index is -1.08. The number of amides is 1. The van der Waals surface area contributed by atoms with Crippen LogP contribution >= 0.6 is 0 Å². The second kappa shape index (κ2) is 22.9. The number of carboxylic acid groups (broad SMARTS) is 2. The summed E-state index contributed by atoms with van der Waals surface area (Å²) in [5, 5.41) is 20.4. The van der Waals surface area contributed by atoms with E-state index in [0.29, 0.717) is 19.3 Å². The summed E-state index contributed by atoms with van der Waals surface area (Å²) in [4.78, 5) is 45.6. The maximum Gasteiger partial charge on any atom is 0.326 e. The fourth-order valence-electron chi connectivity index (χ4n) is 4.01. The molecule has 0 spiro atoms. The van der Waals surface area contributed by atoms with Crippen molar-refractivity contribution in [1.29, 1.82) is 0 Å². The summed E-state index contributed by atoms with van der Waals surface area (Å²) in [6.07, 6.45) is 18.9. The van der Waals surface area contributed by atoms with Crippen molar-refractivity contribution < 1.29 is 29.4 Å². The van der Waals surface area contributed by atoms with Crippen LogP contribution in [0.2, 0.25) is 0 Å². The molecule has 34 heavy (non-hydrogen) atoms. The number of carbonyl (C=O) groups excluding carboxylic acids is 2. The second-order valence-electron chi connectivity index (χ2n) is 9.48. The van der Waals surface area contributed by atoms with Crippen LogP contribution in [0.25, 0.3) is 0 Å². The van der Waals surface area contributed by atoms with Crippen molar-refractivity contribution in [3.05, 3.63) is 0 Å². The highest BCUT2D eigenvalue weighted by atomic mass is 16.4. The highest BCUT2D eigenvalue weighted by molar-refractivity contribution is 5.84. The molecule has 0 aromatic carbocycles. The van der Waals surface area contributed by atoms with E-state index in [0.717, 1.165) is 51.4 Å². The Morgan fingerprint density at radius 2 is 1.03 bits per heavy atom. The lowest BCUT2D eigenvalue weighted by Gasteiger charge is -2.14. The number of carboxylic acids is 2. The molecule has 1 atom stereocenters. The number of hydrogen-bond donors (Lipinski definition) is 3. The van der Waals surface area contributed by atoms with Gasteiger partial charge < -0.3 is 15.5 Å². The predicted octanol–water partition coefficient (Wildman–Crippen LogP) is 6.42. The zero-order chi connectivity index (χ0) is 25.4. The van der Waals surface area contributed by atoms with E-state index >= 15 is 0 Å². The first-order chi connectivity index (χ1) is 16.4. The van der Waals surface area contributed by atoms with E-state index in [4.69, 9.17) is 5.11 Å². The van der Waals surface area contributed by atoms with E-state index in [-0.39, 0.29) is 24.5 Å². The van der Waals surface area contributed by atoms with Crippen molar-refractivity contribution in [3.8, 4) is 0 Å². The molecule has 1 amide bonds. The Balaban J connectivity index is 3.55. The summed E-state index contributed by atoms with van der Waals surface area (Å²) in [5.41, 5.74) is 0. The molecule has 0 fully saturated rings. The maximum atomic E-state index is 12.1. The molecular formula is C27H49NO6. The monoisotopic (exact) mass is 483 g/mol. The van der Waals surface area contributed by atoms with Gasteiger partial charge in [0.25, 0.3) is 0 Å². The number of ketones is 1. The first kappa shape index (κ1) is 32.1. The van der Waals surface area contributed by atoms with E-state index < -0.39 is 18.0 Å². The normalized spacial score (nSPS) is 11.8. The number of unbranched alkanes of at least 4 members (excludes halogenated alkanes) is 14. The van der Waals surface area contributed by atoms with Crippen LogP contribution in [-0.2, 0) is 19.2 Å². The van der Waals surface area contributed by atoms with E-state index in [1.54, 1.807) is 0 Å². The quantitative estimate of drug-likeness (QED) is 0.129. The molecular weight excluding hydrogens is 434 g/mol. The molecule has 198 valence electrons. The molecule has 0 bridgehead atoms. The molecule has 0 aliphatic carbocycles. The van der Waals surface area contributed by atoms with Crippen molar-refractivity contribution in [2.45, 2.75) is 148 Å². The highest BCUT2D eigenvalue weighted by Crippen LogP contribution is 2.14. The average molecular weight is 484 g/mol. The zero-order valence-corrected chi connectivity index (χ0v) is 21.5. The van der Waals surface area contributed by atoms with Crippen LogP contribution in [0.3, 0.4) is 0 Å². The van der Waals surface area contributed by atoms with E-state index in [9.17, 15) is 24.3 Å². The van der Waals surface area contributed by atoms with Gasteiger partial charge in [0.2, 0.25) is 5.91 Å². The molecule has 7 heteroatoms. The molecule has 0 aromatic rings. The topological polar surface area (TPSA) is 121 Å². The van der Waals surface area contributed by atoms with Gasteiger partial charge in [0.15, 0.2) is 0 Å². The summed E-state index contributed by atoms with van der Waals surface area (Å²) in [6.45, 7) is 2.01. The highest BCUT2D eigenvalue weighted by Gasteiger charge is 2.20. The number of Topliss-reactive ketones (excluding diaryl/α,β-unsaturated/α-hetero) is 1. The summed E-state index contributed by atoms with van der Waals surface area (Å²) >= 11 is 0. The second-order valence-corrected chi connectivity index (χ2v) is 9.48. The minimum Gasteiger partial charge on any atom is -0.481 e. The van der Waals surface area contributed by atoms with Gasteiger partial charge in [0.1, 0.15) is 11.8 Å². The fraction of sp³-hybridized carbons (Fsp3) is 0.852. The standard InChI is InChI=1S/C27H49NO6/c1-2-3-18-23(29)21-22-24(27(33)34)28-25(30)19-16-14-12-10-8-6-4-5-7-9-11-13-15-17-20-26(31)32/h24H,2-22H2,1H3,(H,28,30)(H,31,32)(H,33,34)/t24-/m0/s1. The third-order valence-corrected chi connectivity index (χ3v) is 6.20. The zero-order valence-electron chi connectivity index (χ0n) is 21.5. The number of carbonyl (C=O) groups is 4. The van der Waals surface area contributed by atoms with Gasteiger partial charge in [0.05, 0.1) is 0 Å². The van der Waals surface area contributed by atoms with Crippen molar-refractivity contribution >= 4 is 23.6 Å². The Kier molecular flexibility index (Phi) is 21.6. The van der Waals surface area contributed by atoms with Gasteiger partial charge in [0, 0.05) is 25.7 Å². The van der Waals surface area contributed by atoms with Gasteiger partial charge in [-0.25, -0.2) is 4.79 Å². The molecule has 0 saturated heterocycles. The molecule has 0 rings (SSSR count). The summed E-state index contributed by atoms with van der Waals surface area (Å²) in [7, 11) is 0. The summed E-state index contributed by atoms with van der Waals surface area (Å²) in [6, 6.07) is -0.977. The SMILES string of the molecule is CCCCC(=O)CC[C@H](NC(=O)CCCCCCCCCCCCCCCCC(=O)O)C(=O)O. The molecule has 0 aromatic heterocycles. The van der Waals surface area contributed by atoms with Gasteiger partial charge in [-0.1, -0.05) is 90.4 Å². The maximum absolute atomic E-state index is 12.1. The number of hydrogen-bond acceptors (Lipinski definition) is 4. The van der Waals surface area contributed by atoms with Crippen LogP contribution in [0.5, 0.6) is 0 Å². The Labute approximate surface area is 206 Å². The number of aliphatic carboxylic acids is 2. The van der Waals surface area contributed by atoms with Gasteiger partial charge >= 0.3 is 11.9 Å². The predicted molar refractivity (Wildman–Crippen MR) is 135 cm³/mol. The molecule has 0 aliphatic rings. The van der Waals surface area contributed by atoms with Crippen molar-refractivity contribution in [3.63, 3.8) is 0 Å². The molecule has 0 aliphatic heterocycles. The van der Waals surface area contributed by atoms with Gasteiger partial charge in [-0.05, 0) is 25.7 Å². The van der Waals surface area contributed by atoms with Crippen LogP contribution in [0.4, 0.5) is 0 Å². The largest absolute Gasteiger partial charge is 0.481 e. The Morgan fingerprint density at radius 1 is 0.588 bits per heavy atom. The molecule has 0 saturated carbocycles. The Bertz CT molecular complexity index is 563. The van der Waals surface area contributed by atoms with Gasteiger partial charge in [-0.2, -0.15) is 0 Å². The minimum absolute atomic E-state index is 0.0623. The third kappa shape index (κ3) is 21.9. The molecule has 7 nitrogen and oxygen atoms in total. The third-order valence-electron chi connectivity index (χ3n) is 6.20. The fourth-order valence-corrected chi connectivity index (χ4v) is 4.01. The van der Waals surface area contributed by atoms with E-state index in [2.05, 4.69) is 5.32 Å². The molecule has 0 radical (unpaired) electrons. The number of rotatable bonds is 25. The van der Waals surface area contributed by atoms with Crippen LogP contribution in [-0.4, -0.2) is 39.9 Å². The smallest absolute Gasteiger partial charge is 0.326 e. The first-order valence-corrected chi connectivity index (χ1v) is 13.6. The molecule has 3 N–H and O–H groups in total. The van der Waals surface area contributed by atoms with E-state index in [1.807, 2.05) is 6.92 Å². The Hall–Kier alpha value is -1.92. The summed E-state index contributed by atoms with van der Waals surface area (Å²) in [5.74, 6) is -1.95. The van der Waals surface area contributed by atoms with Gasteiger partial charge in [-0.15, -0.1) is 0 Å². The first-order valence-electron chi connectivity index (χ1n) is 13.6. The lowest BCUT2D eigenvalue weighted by Crippen LogP contribution is -2.41. The molecule has 0 unspecified atom stereocenters. The van der Waals surface area contributed by atoms with Crippen LogP contribution in [0.1, 0.15) is 142 Å². The Morgan fingerprint density at radius 3 is 1.44 bits per heavy atom. The van der Waals surface area contributed by atoms with Crippen molar-refractivity contribution in [1.82, 2.24) is 5.32 Å². The van der Waals surface area contributed by atoms with Crippen molar-refractivity contribution in [2.75, 3.05) is 0 Å². The lowest BCUT2D eigenvalue weighted by molar-refractivity contribution is -0.142.